The average Bonchev–Trinajstić information content (AvgIpc) is 3.81. The number of carbonyl (C=O) groups excluding carboxylic acids is 1. The molecule has 1 saturated heterocycles. The summed E-state index contributed by atoms with van der Waals surface area (Å²) in [7, 11) is 1.55. The van der Waals surface area contributed by atoms with Crippen LogP contribution in [-0.4, -0.2) is 71.9 Å². The first-order chi connectivity index (χ1) is 21.8. The molecule has 7 rings (SSSR count). The number of imidazole rings is 2. The third-order valence-corrected chi connectivity index (χ3v) is 8.68. The number of hydrogen-bond donors (Lipinski definition) is 1. The smallest absolute Gasteiger partial charge is 0.449 e. The van der Waals surface area contributed by atoms with Crippen molar-refractivity contribution in [2.24, 2.45) is 0 Å². The van der Waals surface area contributed by atoms with Crippen molar-refractivity contribution in [2.75, 3.05) is 26.7 Å². The molecule has 2 aromatic carbocycles. The molecule has 1 aliphatic rings. The molecule has 0 spiro atoms. The Labute approximate surface area is 259 Å². The van der Waals surface area contributed by atoms with E-state index in [0.29, 0.717) is 49.1 Å². The number of pyridine rings is 1. The van der Waals surface area contributed by atoms with Gasteiger partial charge in [-0.2, -0.15) is 13.2 Å². The lowest BCUT2D eigenvalue weighted by molar-refractivity contribution is -0.148. The van der Waals surface area contributed by atoms with E-state index in [1.807, 2.05) is 35.7 Å². The molecule has 0 bridgehead atoms. The lowest BCUT2D eigenvalue weighted by Crippen LogP contribution is -2.51. The highest BCUT2D eigenvalue weighted by Crippen LogP contribution is 2.34. The van der Waals surface area contributed by atoms with Crippen molar-refractivity contribution in [2.45, 2.75) is 25.3 Å². The largest absolute Gasteiger partial charge is 0.480 e. The molecule has 45 heavy (non-hydrogen) atoms. The summed E-state index contributed by atoms with van der Waals surface area (Å²) in [5.74, 6) is -0.654. The predicted octanol–water partition coefficient (Wildman–Crippen LogP) is 5.54. The highest BCUT2D eigenvalue weighted by Gasteiger charge is 2.40. The normalized spacial score (nSPS) is 16.1. The number of ether oxygens (including phenoxy) is 1. The molecule has 10 nitrogen and oxygen atoms in total. The summed E-state index contributed by atoms with van der Waals surface area (Å²) < 4.78 is 48.6. The fourth-order valence-corrected chi connectivity index (χ4v) is 6.46. The number of para-hydroxylation sites is 3. The number of aromatic amines is 1. The molecule has 0 aliphatic carbocycles. The van der Waals surface area contributed by atoms with Crippen molar-refractivity contribution < 1.29 is 22.7 Å². The van der Waals surface area contributed by atoms with Crippen molar-refractivity contribution in [3.63, 3.8) is 0 Å². The Hall–Kier alpha value is -4.82. The molecular weight excluding hydrogens is 605 g/mol. The Morgan fingerprint density at radius 3 is 2.64 bits per heavy atom. The number of thiazole rings is 1. The van der Waals surface area contributed by atoms with Crippen molar-refractivity contribution >= 4 is 39.2 Å². The van der Waals surface area contributed by atoms with Crippen LogP contribution in [0, 0.1) is 0 Å². The maximum absolute atomic E-state index is 14.0. The standard InChI is InChI=1S/C31H27F3N8O2S/c1-44-29-20(14-19-6-2-3-7-21(19)38-29)23-15-36-28(37-23)25-16-40(17-26-35-10-13-45-26)11-12-41(25)27(43)18-42-24-9-5-4-8-22(24)39-30(42)31(32,33)34/h2-10,13-15,25H,11-12,16-18H2,1H3,(H,36,37). The Kier molecular flexibility index (Phi) is 7.45. The van der Waals surface area contributed by atoms with Crippen molar-refractivity contribution in [3.05, 3.63) is 89.0 Å². The summed E-state index contributed by atoms with van der Waals surface area (Å²) in [6.07, 6.45) is -1.32. The van der Waals surface area contributed by atoms with Crippen LogP contribution in [0.3, 0.4) is 0 Å². The zero-order valence-electron chi connectivity index (χ0n) is 24.0. The number of hydrogen-bond acceptors (Lipinski definition) is 8. The van der Waals surface area contributed by atoms with E-state index < -0.39 is 30.5 Å². The van der Waals surface area contributed by atoms with Gasteiger partial charge >= 0.3 is 6.18 Å². The topological polar surface area (TPSA) is 105 Å². The molecule has 0 radical (unpaired) electrons. The minimum Gasteiger partial charge on any atom is -0.480 e. The quantitative estimate of drug-likeness (QED) is 0.246. The molecule has 1 amide bonds. The Morgan fingerprint density at radius 1 is 1.07 bits per heavy atom. The third-order valence-electron chi connectivity index (χ3n) is 7.91. The average molecular weight is 633 g/mol. The summed E-state index contributed by atoms with van der Waals surface area (Å²) in [5, 5.41) is 3.76. The van der Waals surface area contributed by atoms with Gasteiger partial charge in [0.15, 0.2) is 0 Å². The van der Waals surface area contributed by atoms with Crippen LogP contribution in [0.2, 0.25) is 0 Å². The van der Waals surface area contributed by atoms with Crippen molar-refractivity contribution in [3.8, 4) is 17.1 Å². The summed E-state index contributed by atoms with van der Waals surface area (Å²) in [4.78, 5) is 38.6. The van der Waals surface area contributed by atoms with Gasteiger partial charge in [0.1, 0.15) is 23.4 Å². The van der Waals surface area contributed by atoms with Gasteiger partial charge < -0.3 is 19.2 Å². The molecule has 1 aliphatic heterocycles. The number of alkyl halides is 3. The molecule has 0 saturated carbocycles. The summed E-state index contributed by atoms with van der Waals surface area (Å²) >= 11 is 1.54. The second-order valence-electron chi connectivity index (χ2n) is 10.7. The molecule has 6 aromatic rings. The van der Waals surface area contributed by atoms with Crippen molar-refractivity contribution in [1.29, 1.82) is 0 Å². The minimum absolute atomic E-state index is 0.177. The summed E-state index contributed by atoms with van der Waals surface area (Å²) in [5.41, 5.74) is 2.54. The fraction of sp³-hybridized carbons (Fsp3) is 0.258. The summed E-state index contributed by atoms with van der Waals surface area (Å²) in [6.45, 7) is 1.28. The van der Waals surface area contributed by atoms with Crippen LogP contribution in [0.4, 0.5) is 13.2 Å². The number of rotatable bonds is 7. The highest BCUT2D eigenvalue weighted by atomic mass is 32.1. The predicted molar refractivity (Wildman–Crippen MR) is 162 cm³/mol. The molecule has 1 fully saturated rings. The second kappa shape index (κ2) is 11.6. The first-order valence-corrected chi connectivity index (χ1v) is 15.1. The van der Waals surface area contributed by atoms with Crippen LogP contribution in [0.25, 0.3) is 33.2 Å². The number of fused-ring (bicyclic) bond motifs is 2. The van der Waals surface area contributed by atoms with E-state index in [9.17, 15) is 18.0 Å². The van der Waals surface area contributed by atoms with E-state index in [4.69, 9.17) is 4.74 Å². The van der Waals surface area contributed by atoms with Gasteiger partial charge in [-0.1, -0.05) is 30.3 Å². The zero-order chi connectivity index (χ0) is 31.1. The number of benzene rings is 2. The SMILES string of the molecule is COc1nc2ccccc2cc1-c1cnc(C2CN(Cc3nccs3)CCN2C(=O)Cn2c(C(F)(F)F)nc3ccccc32)[nH]1. The van der Waals surface area contributed by atoms with Gasteiger partial charge in [0.05, 0.1) is 47.7 Å². The first-order valence-electron chi connectivity index (χ1n) is 14.2. The highest BCUT2D eigenvalue weighted by molar-refractivity contribution is 7.09. The maximum atomic E-state index is 14.0. The van der Waals surface area contributed by atoms with E-state index >= 15 is 0 Å². The summed E-state index contributed by atoms with van der Waals surface area (Å²) in [6, 6.07) is 15.4. The van der Waals surface area contributed by atoms with Crippen LogP contribution in [-0.2, 0) is 24.1 Å². The minimum atomic E-state index is -4.73. The molecule has 14 heteroatoms. The molecule has 230 valence electrons. The first kappa shape index (κ1) is 28.9. The molecule has 1 unspecified atom stereocenters. The van der Waals surface area contributed by atoms with Gasteiger partial charge in [-0.25, -0.2) is 19.9 Å². The van der Waals surface area contributed by atoms with Crippen molar-refractivity contribution in [1.82, 2.24) is 39.3 Å². The third kappa shape index (κ3) is 5.62. The van der Waals surface area contributed by atoms with Gasteiger partial charge in [0, 0.05) is 36.6 Å². The van der Waals surface area contributed by atoms with Gasteiger partial charge in [0.2, 0.25) is 17.6 Å². The van der Waals surface area contributed by atoms with E-state index in [0.717, 1.165) is 20.5 Å². The Morgan fingerprint density at radius 2 is 1.87 bits per heavy atom. The fourth-order valence-electron chi connectivity index (χ4n) is 5.81. The maximum Gasteiger partial charge on any atom is 0.449 e. The number of nitrogens with zero attached hydrogens (tertiary/aromatic N) is 7. The number of amides is 1. The van der Waals surface area contributed by atoms with Gasteiger partial charge in [-0.15, -0.1) is 11.3 Å². The number of H-pyrrole nitrogens is 1. The van der Waals surface area contributed by atoms with Crippen LogP contribution in [0.5, 0.6) is 5.88 Å². The van der Waals surface area contributed by atoms with E-state index in [-0.39, 0.29) is 11.0 Å². The molecule has 4 aromatic heterocycles. The molecule has 5 heterocycles. The molecule has 1 N–H and O–H groups in total. The lowest BCUT2D eigenvalue weighted by Gasteiger charge is -2.40. The number of aromatic nitrogens is 6. The number of nitrogens with one attached hydrogen (secondary N) is 1. The van der Waals surface area contributed by atoms with Crippen LogP contribution >= 0.6 is 11.3 Å². The van der Waals surface area contributed by atoms with Gasteiger partial charge in [-0.05, 0) is 24.3 Å². The number of methoxy groups -OCH3 is 1. The monoisotopic (exact) mass is 632 g/mol. The number of piperazine rings is 1. The second-order valence-corrected chi connectivity index (χ2v) is 11.7. The lowest BCUT2D eigenvalue weighted by atomic mass is 10.1. The number of halogens is 3. The van der Waals surface area contributed by atoms with E-state index in [1.54, 1.807) is 47.9 Å². The molecular formula is C31H27F3N8O2S. The van der Waals surface area contributed by atoms with E-state index in [2.05, 4.69) is 29.8 Å². The van der Waals surface area contributed by atoms with E-state index in [1.165, 1.54) is 12.1 Å². The van der Waals surface area contributed by atoms with Gasteiger partial charge in [-0.3, -0.25) is 9.69 Å². The Bertz CT molecular complexity index is 1990. The zero-order valence-corrected chi connectivity index (χ0v) is 24.8. The Balaban J connectivity index is 1.23. The van der Waals surface area contributed by atoms with Crippen LogP contribution < -0.4 is 4.74 Å². The molecule has 1 atom stereocenters. The van der Waals surface area contributed by atoms with Crippen LogP contribution in [0.1, 0.15) is 22.7 Å². The van der Waals surface area contributed by atoms with Gasteiger partial charge in [0.25, 0.3) is 0 Å². The number of carbonyl (C=O) groups is 1. The van der Waals surface area contributed by atoms with Crippen LogP contribution in [0.15, 0.2) is 72.4 Å².